The molecule has 4 N–H and O–H groups in total. The largest absolute Gasteiger partial charge is 0.349 e. The monoisotopic (exact) mass is 370 g/mol. The van der Waals surface area contributed by atoms with Gasteiger partial charge >= 0.3 is 0 Å². The van der Waals surface area contributed by atoms with Gasteiger partial charge in [-0.25, -0.2) is 4.68 Å². The van der Waals surface area contributed by atoms with E-state index in [1.165, 1.54) is 11.8 Å². The van der Waals surface area contributed by atoms with Gasteiger partial charge in [0.25, 0.3) is 0 Å². The van der Waals surface area contributed by atoms with Crippen molar-refractivity contribution >= 4 is 40.7 Å². The Bertz CT molecular complexity index is 756. The fraction of sp³-hybridized carbons (Fsp3) is 0.333. The highest BCUT2D eigenvalue weighted by molar-refractivity contribution is 8.02. The van der Waals surface area contributed by atoms with Crippen LogP contribution in [-0.2, 0) is 0 Å². The average molecular weight is 371 g/mol. The van der Waals surface area contributed by atoms with Crippen molar-refractivity contribution in [1.29, 1.82) is 0 Å². The molecule has 5 nitrogen and oxygen atoms in total. The number of nitrogens with zero attached hydrogens (tertiary/aromatic N) is 3. The Balaban J connectivity index is 1.89. The summed E-state index contributed by atoms with van der Waals surface area (Å²) in [5.74, 6) is 1.37. The molecular weight excluding hydrogens is 353 g/mol. The van der Waals surface area contributed by atoms with Crippen LogP contribution in [-0.4, -0.2) is 14.9 Å². The molecule has 0 amide bonds. The lowest BCUT2D eigenvalue weighted by molar-refractivity contribution is -0.432. The van der Waals surface area contributed by atoms with Crippen LogP contribution in [0.4, 0.5) is 0 Å². The van der Waals surface area contributed by atoms with Crippen LogP contribution in [0.3, 0.4) is 0 Å². The maximum atomic E-state index is 6.31. The highest BCUT2D eigenvalue weighted by atomic mass is 35.5. The molecule has 0 fully saturated rings. The number of quaternary nitrogens is 1. The number of nitrogens with one attached hydrogen (secondary N) is 1. The van der Waals surface area contributed by atoms with E-state index in [0.717, 1.165) is 28.7 Å². The zero-order valence-corrected chi connectivity index (χ0v) is 15.2. The summed E-state index contributed by atoms with van der Waals surface area (Å²) in [6, 6.07) is 5.53. The van der Waals surface area contributed by atoms with E-state index in [0.29, 0.717) is 16.0 Å². The van der Waals surface area contributed by atoms with Crippen LogP contribution < -0.4 is 11.2 Å². The molecule has 1 atom stereocenters. The van der Waals surface area contributed by atoms with Crippen LogP contribution in [0.2, 0.25) is 10.0 Å². The van der Waals surface area contributed by atoms with Gasteiger partial charge in [0, 0.05) is 22.4 Å². The van der Waals surface area contributed by atoms with Crippen LogP contribution >= 0.6 is 35.0 Å². The van der Waals surface area contributed by atoms with Crippen molar-refractivity contribution in [2.24, 2.45) is 5.92 Å². The van der Waals surface area contributed by atoms with Gasteiger partial charge in [-0.1, -0.05) is 48.8 Å². The first-order valence-corrected chi connectivity index (χ1v) is 8.97. The predicted molar refractivity (Wildman–Crippen MR) is 94.8 cm³/mol. The van der Waals surface area contributed by atoms with E-state index in [2.05, 4.69) is 35.2 Å². The molecule has 0 saturated heterocycles. The third-order valence-corrected chi connectivity index (χ3v) is 4.89. The van der Waals surface area contributed by atoms with Crippen LogP contribution in [0.25, 0.3) is 5.70 Å². The minimum Gasteiger partial charge on any atom is -0.349 e. The van der Waals surface area contributed by atoms with E-state index in [-0.39, 0.29) is 6.04 Å². The molecule has 0 aliphatic carbocycles. The summed E-state index contributed by atoms with van der Waals surface area (Å²) in [4.78, 5) is 0. The van der Waals surface area contributed by atoms with Crippen molar-refractivity contribution in [2.75, 3.05) is 5.43 Å². The van der Waals surface area contributed by atoms with E-state index in [4.69, 9.17) is 23.2 Å². The summed E-state index contributed by atoms with van der Waals surface area (Å²) < 4.78 is 1.89. The zero-order chi connectivity index (χ0) is 16.6. The molecule has 2 heterocycles. The fourth-order valence-corrected chi connectivity index (χ4v) is 3.74. The number of fused-ring (bicyclic) bond motifs is 1. The second kappa shape index (κ2) is 6.73. The zero-order valence-electron chi connectivity index (χ0n) is 12.9. The Labute approximate surface area is 149 Å². The van der Waals surface area contributed by atoms with Gasteiger partial charge in [-0.15, -0.1) is 10.2 Å². The van der Waals surface area contributed by atoms with Gasteiger partial charge in [0.15, 0.2) is 0 Å². The van der Waals surface area contributed by atoms with E-state index in [9.17, 15) is 0 Å². The van der Waals surface area contributed by atoms with Crippen molar-refractivity contribution < 1.29 is 5.73 Å². The van der Waals surface area contributed by atoms with Crippen molar-refractivity contribution in [3.63, 3.8) is 0 Å². The smallest absolute Gasteiger partial charge is 0.214 e. The molecule has 0 spiro atoms. The summed E-state index contributed by atoms with van der Waals surface area (Å²) in [6.45, 7) is 4.35. The Kier molecular flexibility index (Phi) is 4.87. The summed E-state index contributed by atoms with van der Waals surface area (Å²) >= 11 is 13.8. The first-order valence-electron chi connectivity index (χ1n) is 7.33. The molecule has 1 aromatic heterocycles. The van der Waals surface area contributed by atoms with Gasteiger partial charge in [0.2, 0.25) is 11.0 Å². The summed E-state index contributed by atoms with van der Waals surface area (Å²) in [5, 5.41) is 12.5. The number of benzene rings is 1. The van der Waals surface area contributed by atoms with Gasteiger partial charge in [0.05, 0.1) is 10.7 Å². The number of aromatic nitrogens is 3. The molecule has 1 aliphatic rings. The quantitative estimate of drug-likeness (QED) is 0.862. The molecule has 2 aromatic rings. The lowest BCUT2D eigenvalue weighted by atomic mass is 10.0. The highest BCUT2D eigenvalue weighted by Gasteiger charge is 2.25. The van der Waals surface area contributed by atoms with Crippen LogP contribution in [0.5, 0.6) is 0 Å². The number of thioether (sulfide) groups is 1. The lowest BCUT2D eigenvalue weighted by Gasteiger charge is -2.21. The molecule has 1 aromatic carbocycles. The third-order valence-electron chi connectivity index (χ3n) is 3.52. The Morgan fingerprint density at radius 1 is 1.30 bits per heavy atom. The average Bonchev–Trinajstić information content (AvgIpc) is 2.89. The molecule has 3 rings (SSSR count). The fourth-order valence-electron chi connectivity index (χ4n) is 2.49. The number of hydrogen-bond acceptors (Lipinski definition) is 4. The van der Waals surface area contributed by atoms with Gasteiger partial charge in [0.1, 0.15) is 6.04 Å². The molecule has 0 radical (unpaired) electrons. The van der Waals surface area contributed by atoms with Crippen molar-refractivity contribution in [1.82, 2.24) is 14.9 Å². The highest BCUT2D eigenvalue weighted by Crippen LogP contribution is 2.33. The third kappa shape index (κ3) is 3.50. The number of halogens is 2. The molecule has 8 heteroatoms. The molecule has 1 aliphatic heterocycles. The van der Waals surface area contributed by atoms with E-state index >= 15 is 0 Å². The molecule has 23 heavy (non-hydrogen) atoms. The van der Waals surface area contributed by atoms with Gasteiger partial charge in [-0.3, -0.25) is 5.43 Å². The topological polar surface area (TPSA) is 70.4 Å². The van der Waals surface area contributed by atoms with Crippen LogP contribution in [0.1, 0.15) is 37.7 Å². The summed E-state index contributed by atoms with van der Waals surface area (Å²) in [6.07, 6.45) is 0.950. The molecule has 0 bridgehead atoms. The Hall–Kier alpha value is -1.21. The van der Waals surface area contributed by atoms with Gasteiger partial charge in [-0.05, 0) is 24.1 Å². The minimum atomic E-state index is 0.0735. The van der Waals surface area contributed by atoms with E-state index in [1.807, 2.05) is 22.2 Å². The van der Waals surface area contributed by atoms with Gasteiger partial charge < -0.3 is 5.73 Å². The summed E-state index contributed by atoms with van der Waals surface area (Å²) in [5.41, 5.74) is 9.34. The molecular formula is C15H18Cl2N5S+. The first-order chi connectivity index (χ1) is 11.0. The minimum absolute atomic E-state index is 0.0735. The molecule has 0 saturated carbocycles. The second-order valence-corrected chi connectivity index (χ2v) is 7.57. The van der Waals surface area contributed by atoms with E-state index < -0.39 is 0 Å². The number of rotatable bonds is 4. The molecule has 122 valence electrons. The predicted octanol–water partition coefficient (Wildman–Crippen LogP) is 3.56. The van der Waals surface area contributed by atoms with Gasteiger partial charge in [-0.2, -0.15) is 0 Å². The number of hydrogen-bond donors (Lipinski definition) is 2. The maximum absolute atomic E-state index is 6.31. The van der Waals surface area contributed by atoms with Crippen LogP contribution in [0, 0.1) is 5.92 Å². The standard InChI is InChI=1S/C15H17Cl2N5S/c1-8(2)5-12(18)14-19-20-15-22(14)21-13(7-23-15)10-4-3-9(16)6-11(10)17/h3-4,6-8,12,21H,5,18H2,1-2H3/p+1/t12-/m0/s1. The Morgan fingerprint density at radius 3 is 2.78 bits per heavy atom. The second-order valence-electron chi connectivity index (χ2n) is 5.89. The molecule has 0 unspecified atom stereocenters. The Morgan fingerprint density at radius 2 is 2.09 bits per heavy atom. The SMILES string of the molecule is CC(C)C[C@H]([NH3+])c1nnc2n1NC(c1ccc(Cl)cc1Cl)=CS2. The lowest BCUT2D eigenvalue weighted by Crippen LogP contribution is -2.55. The van der Waals surface area contributed by atoms with Crippen LogP contribution in [0.15, 0.2) is 28.8 Å². The van der Waals surface area contributed by atoms with Crippen molar-refractivity contribution in [3.05, 3.63) is 45.0 Å². The summed E-state index contributed by atoms with van der Waals surface area (Å²) in [7, 11) is 0. The normalized spacial score (nSPS) is 15.1. The first kappa shape index (κ1) is 16.6. The van der Waals surface area contributed by atoms with E-state index in [1.54, 1.807) is 6.07 Å². The van der Waals surface area contributed by atoms with Crippen molar-refractivity contribution in [2.45, 2.75) is 31.5 Å². The maximum Gasteiger partial charge on any atom is 0.214 e. The van der Waals surface area contributed by atoms with Crippen molar-refractivity contribution in [3.8, 4) is 0 Å².